The van der Waals surface area contributed by atoms with Gasteiger partial charge in [0.25, 0.3) is 0 Å². The maximum Gasteiger partial charge on any atom is 0.409 e. The number of rotatable bonds is 6. The second-order valence-electron chi connectivity index (χ2n) is 12.6. The zero-order chi connectivity index (χ0) is 29.0. The fourth-order valence-electron chi connectivity index (χ4n) is 6.57. The Morgan fingerprint density at radius 2 is 1.68 bits per heavy atom. The fraction of sp³-hybridized carbons (Fsp3) is 0.765. The van der Waals surface area contributed by atoms with Gasteiger partial charge in [-0.2, -0.15) is 0 Å². The van der Waals surface area contributed by atoms with E-state index in [0.29, 0.717) is 18.6 Å². The second-order valence-corrected chi connectivity index (χ2v) is 12.6. The van der Waals surface area contributed by atoms with Crippen molar-refractivity contribution in [3.8, 4) is 0 Å². The van der Waals surface area contributed by atoms with Crippen LogP contribution < -0.4 is 0 Å². The molecule has 1 amide bonds. The average molecular weight is 572 g/mol. The van der Waals surface area contributed by atoms with Crippen molar-refractivity contribution in [2.24, 2.45) is 11.8 Å². The molecule has 0 radical (unpaired) electrons. The number of hydrogen-bond donors (Lipinski definition) is 0. The lowest BCUT2D eigenvalue weighted by atomic mass is 9.90. The zero-order valence-corrected chi connectivity index (χ0v) is 25.6. The van der Waals surface area contributed by atoms with Crippen LogP contribution in [0.2, 0.25) is 0 Å². The number of nitrogens with zero attached hydrogens (tertiary/aromatic N) is 1. The number of amides is 1. The molecule has 230 valence electrons. The third-order valence-corrected chi connectivity index (χ3v) is 8.97. The molecule has 7 heteroatoms. The van der Waals surface area contributed by atoms with Crippen molar-refractivity contribution in [1.29, 1.82) is 0 Å². The van der Waals surface area contributed by atoms with Crippen LogP contribution in [-0.4, -0.2) is 67.2 Å². The van der Waals surface area contributed by atoms with Crippen molar-refractivity contribution < 1.29 is 28.5 Å². The third-order valence-electron chi connectivity index (χ3n) is 8.97. The Bertz CT molecular complexity index is 922. The summed E-state index contributed by atoms with van der Waals surface area (Å²) in [7, 11) is 0. The van der Waals surface area contributed by atoms with Crippen LogP contribution in [0.1, 0.15) is 104 Å². The van der Waals surface area contributed by atoms with Crippen LogP contribution in [-0.2, 0) is 23.7 Å². The number of likely N-dealkylation sites (tertiary alicyclic amines) is 1. The minimum absolute atomic E-state index is 0.0538. The van der Waals surface area contributed by atoms with Crippen LogP contribution in [0.25, 0.3) is 0 Å². The van der Waals surface area contributed by atoms with Crippen LogP contribution in [0, 0.1) is 11.8 Å². The van der Waals surface area contributed by atoms with E-state index >= 15 is 0 Å². The van der Waals surface area contributed by atoms with Gasteiger partial charge < -0.3 is 23.8 Å². The molecular formula is C34H53NO6. The number of hydrogen-bond acceptors (Lipinski definition) is 6. The van der Waals surface area contributed by atoms with Crippen molar-refractivity contribution in [3.63, 3.8) is 0 Å². The fourth-order valence-corrected chi connectivity index (χ4v) is 6.57. The molecule has 41 heavy (non-hydrogen) atoms. The summed E-state index contributed by atoms with van der Waals surface area (Å²) in [6.45, 7) is 8.52. The molecule has 4 aliphatic heterocycles. The average Bonchev–Trinajstić information content (AvgIpc) is 3.49. The first-order valence-corrected chi connectivity index (χ1v) is 16.3. The van der Waals surface area contributed by atoms with Crippen molar-refractivity contribution in [3.05, 3.63) is 36.0 Å². The number of carbonyl (C=O) groups excluding carboxylic acids is 2. The number of esters is 1. The summed E-state index contributed by atoms with van der Waals surface area (Å²) in [5.74, 6) is 0.240. The number of carbonyl (C=O) groups is 2. The lowest BCUT2D eigenvalue weighted by Gasteiger charge is -2.37. The summed E-state index contributed by atoms with van der Waals surface area (Å²) in [6.07, 6.45) is 22.7. The van der Waals surface area contributed by atoms with Gasteiger partial charge in [0.15, 0.2) is 0 Å². The summed E-state index contributed by atoms with van der Waals surface area (Å²) in [4.78, 5) is 27.0. The molecule has 3 saturated heterocycles. The Balaban J connectivity index is 1.34. The third kappa shape index (κ3) is 10.6. The molecule has 4 aliphatic rings. The molecule has 7 nitrogen and oxygen atoms in total. The minimum Gasteiger partial charge on any atom is -0.457 e. The van der Waals surface area contributed by atoms with Gasteiger partial charge in [0, 0.05) is 25.4 Å². The number of fused-ring (bicyclic) bond motifs is 4. The predicted molar refractivity (Wildman–Crippen MR) is 161 cm³/mol. The van der Waals surface area contributed by atoms with Crippen LogP contribution in [0.5, 0.6) is 0 Å². The topological polar surface area (TPSA) is 74.3 Å². The predicted octanol–water partition coefficient (Wildman–Crippen LogP) is 7.30. The maximum absolute atomic E-state index is 13.2. The number of cyclic esters (lactones) is 1. The van der Waals surface area contributed by atoms with Crippen molar-refractivity contribution in [2.45, 2.75) is 135 Å². The Morgan fingerprint density at radius 3 is 2.46 bits per heavy atom. The lowest BCUT2D eigenvalue weighted by molar-refractivity contribution is -0.154. The summed E-state index contributed by atoms with van der Waals surface area (Å²) in [5, 5.41) is 0. The van der Waals surface area contributed by atoms with Gasteiger partial charge >= 0.3 is 12.1 Å². The van der Waals surface area contributed by atoms with E-state index in [1.165, 1.54) is 12.0 Å². The molecule has 7 atom stereocenters. The van der Waals surface area contributed by atoms with Gasteiger partial charge in [-0.1, -0.05) is 43.7 Å². The Morgan fingerprint density at radius 1 is 0.951 bits per heavy atom. The molecule has 0 saturated carbocycles. The summed E-state index contributed by atoms with van der Waals surface area (Å²) < 4.78 is 24.5. The highest BCUT2D eigenvalue weighted by Gasteiger charge is 2.32. The van der Waals surface area contributed by atoms with Crippen LogP contribution >= 0.6 is 0 Å². The van der Waals surface area contributed by atoms with E-state index in [2.05, 4.69) is 45.1 Å². The maximum atomic E-state index is 13.2. The first kappa shape index (κ1) is 31.8. The van der Waals surface area contributed by atoms with Gasteiger partial charge in [-0.05, 0) is 89.5 Å². The molecule has 4 bridgehead atoms. The molecular weight excluding hydrogens is 518 g/mol. The highest BCUT2D eigenvalue weighted by molar-refractivity contribution is 5.70. The monoisotopic (exact) mass is 571 g/mol. The van der Waals surface area contributed by atoms with Crippen LogP contribution in [0.3, 0.4) is 0 Å². The first-order valence-electron chi connectivity index (χ1n) is 16.3. The first-order chi connectivity index (χ1) is 19.9. The van der Waals surface area contributed by atoms with E-state index in [0.717, 1.165) is 83.7 Å². The summed E-state index contributed by atoms with van der Waals surface area (Å²) in [6, 6.07) is 0. The molecule has 3 fully saturated rings. The van der Waals surface area contributed by atoms with Crippen molar-refractivity contribution in [2.75, 3.05) is 19.7 Å². The molecule has 0 aliphatic carbocycles. The van der Waals surface area contributed by atoms with Gasteiger partial charge in [-0.3, -0.25) is 4.79 Å². The number of ether oxygens (including phenoxy) is 4. The van der Waals surface area contributed by atoms with Crippen LogP contribution in [0.4, 0.5) is 4.79 Å². The van der Waals surface area contributed by atoms with Gasteiger partial charge in [0.2, 0.25) is 0 Å². The molecule has 0 spiro atoms. The molecule has 0 aromatic carbocycles. The molecule has 4 rings (SSSR count). The van der Waals surface area contributed by atoms with E-state index in [9.17, 15) is 9.59 Å². The lowest BCUT2D eigenvalue weighted by Crippen LogP contribution is -2.37. The van der Waals surface area contributed by atoms with E-state index in [4.69, 9.17) is 18.9 Å². The van der Waals surface area contributed by atoms with E-state index in [1.54, 1.807) is 4.90 Å². The molecule has 0 N–H and O–H groups in total. The Kier molecular flexibility index (Phi) is 12.8. The molecule has 0 aromatic rings. The summed E-state index contributed by atoms with van der Waals surface area (Å²) in [5.41, 5.74) is 1.36. The highest BCUT2D eigenvalue weighted by Crippen LogP contribution is 2.33. The largest absolute Gasteiger partial charge is 0.457 e. The SMILES string of the molecule is C/C=C1\CC2CC(=O)OC(/C=C/CCCCOC(=O)N3CCCC3)C(C)/C=C/C(C)CC3CCCC(CC(C1)O2)O3. The highest BCUT2D eigenvalue weighted by atomic mass is 16.6. The van der Waals surface area contributed by atoms with Gasteiger partial charge in [-0.25, -0.2) is 4.79 Å². The van der Waals surface area contributed by atoms with E-state index in [1.807, 2.05) is 6.08 Å². The van der Waals surface area contributed by atoms with E-state index < -0.39 is 0 Å². The Hall–Kier alpha value is -2.12. The van der Waals surface area contributed by atoms with Gasteiger partial charge in [0.05, 0.1) is 37.4 Å². The van der Waals surface area contributed by atoms with E-state index in [-0.39, 0.29) is 48.8 Å². The van der Waals surface area contributed by atoms with Crippen molar-refractivity contribution >= 4 is 12.1 Å². The van der Waals surface area contributed by atoms with Crippen LogP contribution in [0.15, 0.2) is 36.0 Å². The summed E-state index contributed by atoms with van der Waals surface area (Å²) >= 11 is 0. The minimum atomic E-state index is -0.331. The zero-order valence-electron chi connectivity index (χ0n) is 25.6. The molecule has 7 unspecified atom stereocenters. The van der Waals surface area contributed by atoms with Crippen molar-refractivity contribution in [1.82, 2.24) is 4.90 Å². The quantitative estimate of drug-likeness (QED) is 0.189. The standard InChI is InChI=1S/C34H53NO6/c1-4-27-21-30-23-29-13-11-12-28(39-29)20-25(2)15-16-26(3)32(41-33(36)24-31(22-27)40-30)14-7-5-6-10-19-38-34(37)35-17-8-9-18-35/h4,7,14-16,25-26,28-32H,5-6,8-13,17-24H2,1-3H3/b14-7+,16-15+,27-4-. The normalized spacial score (nSPS) is 35.4. The number of unbranched alkanes of at least 4 members (excludes halogenated alkanes) is 2. The smallest absolute Gasteiger partial charge is 0.409 e. The molecule has 4 heterocycles. The second kappa shape index (κ2) is 16.5. The van der Waals surface area contributed by atoms with Gasteiger partial charge in [-0.15, -0.1) is 0 Å². The Labute approximate surface area is 247 Å². The van der Waals surface area contributed by atoms with Gasteiger partial charge in [0.1, 0.15) is 6.10 Å². The number of allylic oxidation sites excluding steroid dienone is 3. The molecule has 0 aromatic heterocycles.